The number of likely N-dealkylation sites (tertiary alicyclic amines) is 1. The van der Waals surface area contributed by atoms with Crippen LogP contribution in [-0.2, 0) is 10.0 Å². The molecule has 2 atom stereocenters. The summed E-state index contributed by atoms with van der Waals surface area (Å²) in [5, 5.41) is 3.51. The van der Waals surface area contributed by atoms with Gasteiger partial charge in [0.05, 0.1) is 16.4 Å². The van der Waals surface area contributed by atoms with Crippen LogP contribution in [0.4, 0.5) is 20.2 Å². The number of rotatable bonds is 6. The van der Waals surface area contributed by atoms with E-state index in [4.69, 9.17) is 11.6 Å². The second kappa shape index (κ2) is 9.30. The maximum Gasteiger partial charge on any atom is 0.264 e. The van der Waals surface area contributed by atoms with Crippen molar-refractivity contribution in [2.75, 3.05) is 23.1 Å². The van der Waals surface area contributed by atoms with Crippen LogP contribution in [-0.4, -0.2) is 38.5 Å². The van der Waals surface area contributed by atoms with Gasteiger partial charge in [-0.1, -0.05) is 30.5 Å². The molecule has 0 bridgehead atoms. The zero-order chi connectivity index (χ0) is 22.0. The van der Waals surface area contributed by atoms with Gasteiger partial charge in [-0.2, -0.15) is 0 Å². The van der Waals surface area contributed by atoms with Crippen molar-refractivity contribution >= 4 is 33.0 Å². The zero-order valence-corrected chi connectivity index (χ0v) is 18.7. The molecule has 1 heterocycles. The highest BCUT2D eigenvalue weighted by atomic mass is 35.5. The van der Waals surface area contributed by atoms with Crippen LogP contribution in [0.2, 0.25) is 5.02 Å². The summed E-state index contributed by atoms with van der Waals surface area (Å²) < 4.78 is 55.7. The van der Waals surface area contributed by atoms with Gasteiger partial charge in [0.15, 0.2) is 0 Å². The van der Waals surface area contributed by atoms with E-state index in [1.807, 2.05) is 0 Å². The third-order valence-corrected chi connectivity index (χ3v) is 7.78. The summed E-state index contributed by atoms with van der Waals surface area (Å²) in [6.07, 6.45) is 6.70. The van der Waals surface area contributed by atoms with Gasteiger partial charge >= 0.3 is 0 Å². The van der Waals surface area contributed by atoms with Crippen LogP contribution in [0.5, 0.6) is 0 Å². The predicted octanol–water partition coefficient (Wildman–Crippen LogP) is 5.24. The Labute approximate surface area is 186 Å². The average Bonchev–Trinajstić information content (AvgIpc) is 3.25. The molecule has 31 heavy (non-hydrogen) atoms. The molecule has 2 fully saturated rings. The van der Waals surface area contributed by atoms with E-state index in [0.29, 0.717) is 11.7 Å². The Morgan fingerprint density at radius 1 is 1.00 bits per heavy atom. The van der Waals surface area contributed by atoms with Crippen molar-refractivity contribution in [2.24, 2.45) is 0 Å². The fourth-order valence-electron chi connectivity index (χ4n) is 4.60. The van der Waals surface area contributed by atoms with Crippen molar-refractivity contribution in [3.8, 4) is 0 Å². The van der Waals surface area contributed by atoms with Gasteiger partial charge in [-0.15, -0.1) is 0 Å². The molecule has 168 valence electrons. The molecule has 2 aromatic carbocycles. The van der Waals surface area contributed by atoms with E-state index >= 15 is 0 Å². The lowest BCUT2D eigenvalue weighted by molar-refractivity contribution is 0.177. The number of halogens is 3. The minimum Gasteiger partial charge on any atom is -0.379 e. The van der Waals surface area contributed by atoms with Gasteiger partial charge in [-0.3, -0.25) is 9.62 Å². The van der Waals surface area contributed by atoms with Crippen molar-refractivity contribution in [3.05, 3.63) is 53.1 Å². The number of nitrogens with one attached hydrogen (secondary N) is 2. The van der Waals surface area contributed by atoms with E-state index in [1.165, 1.54) is 37.5 Å². The first kappa shape index (κ1) is 22.3. The maximum atomic E-state index is 14.9. The molecule has 1 saturated carbocycles. The van der Waals surface area contributed by atoms with Crippen molar-refractivity contribution in [2.45, 2.75) is 55.5 Å². The Kier molecular flexibility index (Phi) is 6.69. The lowest BCUT2D eigenvalue weighted by atomic mass is 9.89. The number of hydrogen-bond donors (Lipinski definition) is 2. The van der Waals surface area contributed by atoms with Gasteiger partial charge in [0.2, 0.25) is 0 Å². The molecular weight excluding hydrogens is 444 g/mol. The molecular formula is C22H26ClF2N3O2S. The second-order valence-electron chi connectivity index (χ2n) is 8.22. The summed E-state index contributed by atoms with van der Waals surface area (Å²) in [6, 6.07) is 7.71. The SMILES string of the molecule is O=S(=O)(Nc1cccc(F)c1)c1cc(Cl)c(N[C@@H]2CCCCC2N2CCCC2)cc1F. The monoisotopic (exact) mass is 469 g/mol. The van der Waals surface area contributed by atoms with Gasteiger partial charge < -0.3 is 5.32 Å². The molecule has 1 saturated heterocycles. The Morgan fingerprint density at radius 3 is 2.48 bits per heavy atom. The van der Waals surface area contributed by atoms with E-state index in [0.717, 1.165) is 50.6 Å². The van der Waals surface area contributed by atoms with Crippen LogP contribution in [0.3, 0.4) is 0 Å². The van der Waals surface area contributed by atoms with Gasteiger partial charge in [-0.25, -0.2) is 17.2 Å². The Bertz CT molecular complexity index is 1050. The fourth-order valence-corrected chi connectivity index (χ4v) is 6.02. The summed E-state index contributed by atoms with van der Waals surface area (Å²) >= 11 is 6.37. The molecule has 9 heteroatoms. The molecule has 1 aliphatic carbocycles. The van der Waals surface area contributed by atoms with Gasteiger partial charge in [-0.05, 0) is 69.1 Å². The minimum absolute atomic E-state index is 0.00776. The van der Waals surface area contributed by atoms with E-state index in [9.17, 15) is 17.2 Å². The lowest BCUT2D eigenvalue weighted by Gasteiger charge is -2.39. The summed E-state index contributed by atoms with van der Waals surface area (Å²) in [6.45, 7) is 2.15. The normalized spacial score (nSPS) is 22.4. The van der Waals surface area contributed by atoms with E-state index in [2.05, 4.69) is 14.9 Å². The molecule has 4 rings (SSSR count). The lowest BCUT2D eigenvalue weighted by Crippen LogP contribution is -2.47. The first-order valence-electron chi connectivity index (χ1n) is 10.6. The van der Waals surface area contributed by atoms with Crippen molar-refractivity contribution < 1.29 is 17.2 Å². The number of nitrogens with zero attached hydrogens (tertiary/aromatic N) is 1. The van der Waals surface area contributed by atoms with Gasteiger partial charge in [0.1, 0.15) is 16.5 Å². The van der Waals surface area contributed by atoms with Crippen LogP contribution in [0.1, 0.15) is 38.5 Å². The first-order valence-corrected chi connectivity index (χ1v) is 12.5. The molecule has 0 aromatic heterocycles. The van der Waals surface area contributed by atoms with Crippen LogP contribution in [0.25, 0.3) is 0 Å². The third-order valence-electron chi connectivity index (χ3n) is 6.07. The molecule has 5 nitrogen and oxygen atoms in total. The zero-order valence-electron chi connectivity index (χ0n) is 17.1. The van der Waals surface area contributed by atoms with E-state index in [1.54, 1.807) is 0 Å². The molecule has 0 radical (unpaired) electrons. The summed E-state index contributed by atoms with van der Waals surface area (Å²) in [5.74, 6) is -1.51. The standard InChI is InChI=1S/C22H26ClF2N3O2S/c23-17-13-22(31(29,30)27-16-7-5-6-15(24)12-16)18(25)14-20(17)26-19-8-1-2-9-21(19)28-10-3-4-11-28/h5-7,12-14,19,21,26-27H,1-4,8-11H2/t19-,21?/m1/s1. The Balaban J connectivity index is 1.55. The predicted molar refractivity (Wildman–Crippen MR) is 119 cm³/mol. The van der Waals surface area contributed by atoms with Crippen LogP contribution < -0.4 is 10.0 Å². The molecule has 0 spiro atoms. The highest BCUT2D eigenvalue weighted by Gasteiger charge is 2.32. The Morgan fingerprint density at radius 2 is 1.74 bits per heavy atom. The molecule has 1 aliphatic heterocycles. The van der Waals surface area contributed by atoms with Crippen molar-refractivity contribution in [1.82, 2.24) is 4.90 Å². The Hall–Kier alpha value is -1.90. The largest absolute Gasteiger partial charge is 0.379 e. The van der Waals surface area contributed by atoms with Crippen molar-refractivity contribution in [3.63, 3.8) is 0 Å². The number of hydrogen-bond acceptors (Lipinski definition) is 4. The number of sulfonamides is 1. The minimum atomic E-state index is -4.27. The highest BCUT2D eigenvalue weighted by Crippen LogP contribution is 2.33. The summed E-state index contributed by atoms with van der Waals surface area (Å²) in [4.78, 5) is 1.91. The summed E-state index contributed by atoms with van der Waals surface area (Å²) in [5.41, 5.74) is 0.397. The number of benzene rings is 2. The van der Waals surface area contributed by atoms with Crippen molar-refractivity contribution in [1.29, 1.82) is 0 Å². The van der Waals surface area contributed by atoms with E-state index < -0.39 is 26.6 Å². The number of anilines is 2. The fraction of sp³-hybridized carbons (Fsp3) is 0.455. The average molecular weight is 470 g/mol. The molecule has 0 amide bonds. The molecule has 2 N–H and O–H groups in total. The van der Waals surface area contributed by atoms with E-state index in [-0.39, 0.29) is 16.8 Å². The van der Waals surface area contributed by atoms with Gasteiger partial charge in [0, 0.05) is 12.1 Å². The molecule has 1 unspecified atom stereocenters. The van der Waals surface area contributed by atoms with Crippen LogP contribution >= 0.6 is 11.6 Å². The summed E-state index contributed by atoms with van der Waals surface area (Å²) in [7, 11) is -4.27. The van der Waals surface area contributed by atoms with Gasteiger partial charge in [0.25, 0.3) is 10.0 Å². The first-order chi connectivity index (χ1) is 14.8. The molecule has 2 aliphatic rings. The quantitative estimate of drug-likeness (QED) is 0.607. The maximum absolute atomic E-state index is 14.9. The molecule has 2 aromatic rings. The van der Waals surface area contributed by atoms with Crippen LogP contribution in [0, 0.1) is 11.6 Å². The topological polar surface area (TPSA) is 61.4 Å². The third kappa shape index (κ3) is 5.13. The smallest absolute Gasteiger partial charge is 0.264 e. The second-order valence-corrected chi connectivity index (χ2v) is 10.3. The van der Waals surface area contributed by atoms with Crippen LogP contribution in [0.15, 0.2) is 41.3 Å². The highest BCUT2D eigenvalue weighted by molar-refractivity contribution is 7.92.